The highest BCUT2D eigenvalue weighted by molar-refractivity contribution is 9.10. The quantitative estimate of drug-likeness (QED) is 0.547. The standard InChI is InChI=1S/C17H14BrNOS/c18-16-6-4-15(5-7-16)17(20)8-9-21-12-14-3-1-2-13(10-14)11-19/h1-7,10H,8-9,12H2. The monoisotopic (exact) mass is 359 g/mol. The number of hydrogen-bond acceptors (Lipinski definition) is 3. The third kappa shape index (κ3) is 5.04. The number of hydrogen-bond donors (Lipinski definition) is 0. The zero-order valence-electron chi connectivity index (χ0n) is 11.4. The summed E-state index contributed by atoms with van der Waals surface area (Å²) in [6, 6.07) is 17.2. The summed E-state index contributed by atoms with van der Waals surface area (Å²) in [6.45, 7) is 0. The van der Waals surface area contributed by atoms with Crippen LogP contribution in [0.2, 0.25) is 0 Å². The molecule has 2 aromatic rings. The van der Waals surface area contributed by atoms with E-state index in [4.69, 9.17) is 5.26 Å². The first-order valence-electron chi connectivity index (χ1n) is 6.54. The lowest BCUT2D eigenvalue weighted by molar-refractivity contribution is 0.0989. The van der Waals surface area contributed by atoms with Gasteiger partial charge in [-0.05, 0) is 29.8 Å². The van der Waals surface area contributed by atoms with Crippen LogP contribution < -0.4 is 0 Å². The van der Waals surface area contributed by atoms with Gasteiger partial charge in [-0.2, -0.15) is 17.0 Å². The van der Waals surface area contributed by atoms with Gasteiger partial charge in [0, 0.05) is 28.0 Å². The molecule has 0 fully saturated rings. The zero-order chi connectivity index (χ0) is 15.1. The van der Waals surface area contributed by atoms with Crippen molar-refractivity contribution in [1.82, 2.24) is 0 Å². The molecule has 0 N–H and O–H groups in total. The predicted molar refractivity (Wildman–Crippen MR) is 90.4 cm³/mol. The van der Waals surface area contributed by atoms with E-state index in [0.717, 1.165) is 27.1 Å². The van der Waals surface area contributed by atoms with Gasteiger partial charge >= 0.3 is 0 Å². The lowest BCUT2D eigenvalue weighted by atomic mass is 10.1. The number of halogens is 1. The Balaban J connectivity index is 1.78. The van der Waals surface area contributed by atoms with Crippen molar-refractivity contribution in [3.8, 4) is 6.07 Å². The van der Waals surface area contributed by atoms with E-state index in [1.165, 1.54) is 0 Å². The maximum Gasteiger partial charge on any atom is 0.163 e. The van der Waals surface area contributed by atoms with E-state index < -0.39 is 0 Å². The Morgan fingerprint density at radius 3 is 2.67 bits per heavy atom. The van der Waals surface area contributed by atoms with Crippen molar-refractivity contribution < 1.29 is 4.79 Å². The van der Waals surface area contributed by atoms with E-state index in [-0.39, 0.29) is 5.78 Å². The maximum atomic E-state index is 12.0. The Morgan fingerprint density at radius 1 is 1.19 bits per heavy atom. The fourth-order valence-electron chi connectivity index (χ4n) is 1.87. The van der Waals surface area contributed by atoms with Gasteiger partial charge < -0.3 is 0 Å². The number of carbonyl (C=O) groups is 1. The molecule has 2 rings (SSSR count). The zero-order valence-corrected chi connectivity index (χ0v) is 13.8. The van der Waals surface area contributed by atoms with Gasteiger partial charge in [-0.3, -0.25) is 4.79 Å². The van der Waals surface area contributed by atoms with Crippen LogP contribution in [-0.2, 0) is 5.75 Å². The van der Waals surface area contributed by atoms with Crippen LogP contribution in [0.1, 0.15) is 27.9 Å². The largest absolute Gasteiger partial charge is 0.294 e. The second-order valence-electron chi connectivity index (χ2n) is 4.54. The molecule has 21 heavy (non-hydrogen) atoms. The van der Waals surface area contributed by atoms with Crippen LogP contribution in [0.25, 0.3) is 0 Å². The lowest BCUT2D eigenvalue weighted by Gasteiger charge is -2.03. The maximum absolute atomic E-state index is 12.0. The first kappa shape index (κ1) is 15.8. The molecule has 0 amide bonds. The van der Waals surface area contributed by atoms with Crippen LogP contribution >= 0.6 is 27.7 Å². The van der Waals surface area contributed by atoms with E-state index in [9.17, 15) is 4.79 Å². The highest BCUT2D eigenvalue weighted by Gasteiger charge is 2.05. The number of nitriles is 1. The van der Waals surface area contributed by atoms with Gasteiger partial charge in [0.15, 0.2) is 5.78 Å². The molecule has 2 nitrogen and oxygen atoms in total. The Morgan fingerprint density at radius 2 is 1.95 bits per heavy atom. The molecule has 0 aromatic heterocycles. The molecule has 106 valence electrons. The third-order valence-electron chi connectivity index (χ3n) is 2.96. The van der Waals surface area contributed by atoms with Crippen molar-refractivity contribution in [3.63, 3.8) is 0 Å². The number of carbonyl (C=O) groups excluding carboxylic acids is 1. The molecule has 0 heterocycles. The van der Waals surface area contributed by atoms with E-state index in [1.807, 2.05) is 42.5 Å². The number of benzene rings is 2. The Kier molecular flexibility index (Phi) is 6.04. The first-order chi connectivity index (χ1) is 10.2. The molecule has 0 radical (unpaired) electrons. The SMILES string of the molecule is N#Cc1cccc(CSCCC(=O)c2ccc(Br)cc2)c1. The van der Waals surface area contributed by atoms with Crippen molar-refractivity contribution in [2.24, 2.45) is 0 Å². The first-order valence-corrected chi connectivity index (χ1v) is 8.49. The summed E-state index contributed by atoms with van der Waals surface area (Å²) in [5, 5.41) is 8.85. The van der Waals surface area contributed by atoms with Crippen molar-refractivity contribution in [3.05, 3.63) is 69.7 Å². The predicted octanol–water partition coefficient (Wildman–Crippen LogP) is 4.83. The van der Waals surface area contributed by atoms with Gasteiger partial charge in [0.05, 0.1) is 11.6 Å². The van der Waals surface area contributed by atoms with Crippen molar-refractivity contribution in [1.29, 1.82) is 5.26 Å². The average molecular weight is 360 g/mol. The highest BCUT2D eigenvalue weighted by atomic mass is 79.9. The molecular formula is C17H14BrNOS. The smallest absolute Gasteiger partial charge is 0.163 e. The molecule has 0 aliphatic heterocycles. The average Bonchev–Trinajstić information content (AvgIpc) is 2.52. The number of rotatable bonds is 6. The van der Waals surface area contributed by atoms with E-state index >= 15 is 0 Å². The lowest BCUT2D eigenvalue weighted by Crippen LogP contribution is -2.00. The minimum atomic E-state index is 0.167. The van der Waals surface area contributed by atoms with E-state index in [2.05, 4.69) is 22.0 Å². The summed E-state index contributed by atoms with van der Waals surface area (Å²) in [4.78, 5) is 12.0. The number of thioether (sulfide) groups is 1. The van der Waals surface area contributed by atoms with Crippen molar-refractivity contribution in [2.45, 2.75) is 12.2 Å². The second kappa shape index (κ2) is 8.02. The van der Waals surface area contributed by atoms with Crippen molar-refractivity contribution in [2.75, 3.05) is 5.75 Å². The topological polar surface area (TPSA) is 40.9 Å². The Hall–Kier alpha value is -1.57. The van der Waals surface area contributed by atoms with Crippen LogP contribution in [0.15, 0.2) is 53.0 Å². The Bertz CT molecular complexity index is 661. The van der Waals surface area contributed by atoms with E-state index in [0.29, 0.717) is 12.0 Å². The Labute approximate surface area is 137 Å². The summed E-state index contributed by atoms with van der Waals surface area (Å²) in [5.41, 5.74) is 2.56. The van der Waals surface area contributed by atoms with Gasteiger partial charge in [-0.15, -0.1) is 0 Å². The molecule has 0 saturated heterocycles. The minimum Gasteiger partial charge on any atom is -0.294 e. The number of ketones is 1. The molecule has 0 unspecified atom stereocenters. The molecule has 0 bridgehead atoms. The highest BCUT2D eigenvalue weighted by Crippen LogP contribution is 2.17. The van der Waals surface area contributed by atoms with Crippen LogP contribution in [0.5, 0.6) is 0 Å². The third-order valence-corrected chi connectivity index (χ3v) is 4.52. The second-order valence-corrected chi connectivity index (χ2v) is 6.57. The summed E-state index contributed by atoms with van der Waals surface area (Å²) in [6.07, 6.45) is 0.532. The molecule has 0 aliphatic rings. The van der Waals surface area contributed by atoms with Gasteiger partial charge in [0.2, 0.25) is 0 Å². The number of Topliss-reactive ketones (excluding diaryl/α,β-unsaturated/α-hetero) is 1. The molecule has 0 atom stereocenters. The number of nitrogens with zero attached hydrogens (tertiary/aromatic N) is 1. The summed E-state index contributed by atoms with van der Waals surface area (Å²) >= 11 is 5.07. The summed E-state index contributed by atoms with van der Waals surface area (Å²) in [7, 11) is 0. The van der Waals surface area contributed by atoms with Crippen LogP contribution in [0, 0.1) is 11.3 Å². The van der Waals surface area contributed by atoms with Crippen molar-refractivity contribution >= 4 is 33.5 Å². The van der Waals surface area contributed by atoms with Crippen LogP contribution in [-0.4, -0.2) is 11.5 Å². The summed E-state index contributed by atoms with van der Waals surface area (Å²) < 4.78 is 0.978. The molecule has 0 aliphatic carbocycles. The van der Waals surface area contributed by atoms with Gasteiger partial charge in [-0.25, -0.2) is 0 Å². The molecule has 4 heteroatoms. The fourth-order valence-corrected chi connectivity index (χ4v) is 3.02. The minimum absolute atomic E-state index is 0.167. The summed E-state index contributed by atoms with van der Waals surface area (Å²) in [5.74, 6) is 1.77. The van der Waals surface area contributed by atoms with Gasteiger partial charge in [-0.1, -0.05) is 40.2 Å². The van der Waals surface area contributed by atoms with Crippen LogP contribution in [0.3, 0.4) is 0 Å². The molecule has 0 spiro atoms. The molecule has 0 saturated carbocycles. The molecule has 2 aromatic carbocycles. The molecular weight excluding hydrogens is 346 g/mol. The fraction of sp³-hybridized carbons (Fsp3) is 0.176. The van der Waals surface area contributed by atoms with Crippen LogP contribution in [0.4, 0.5) is 0 Å². The normalized spacial score (nSPS) is 10.1. The van der Waals surface area contributed by atoms with E-state index in [1.54, 1.807) is 17.8 Å². The van der Waals surface area contributed by atoms with Gasteiger partial charge in [0.1, 0.15) is 0 Å². The van der Waals surface area contributed by atoms with Gasteiger partial charge in [0.25, 0.3) is 0 Å².